The Morgan fingerprint density at radius 1 is 0.971 bits per heavy atom. The fourth-order valence-electron chi connectivity index (χ4n) is 3.58. The van der Waals surface area contributed by atoms with E-state index in [4.69, 9.17) is 11.6 Å². The standard InChI is InChI=1S/C21H11BrClF7N2O2S/c22-10-5-15-18(19(32-21(15)34)14-8-11(24)1-2-16(14)23)17(6-10)31-20(33)9-3-12(25)7-13(4-9)35(26,27,28,29)30/h1-8,19H,(H,31,33)(H,32,34). The Hall–Kier alpha value is -2.77. The molecule has 0 radical (unpaired) electrons. The van der Waals surface area contributed by atoms with Gasteiger partial charge in [0.15, 0.2) is 0 Å². The Morgan fingerprint density at radius 3 is 2.31 bits per heavy atom. The molecule has 4 rings (SSSR count). The summed E-state index contributed by atoms with van der Waals surface area (Å²) in [5, 5.41) is 4.85. The van der Waals surface area contributed by atoms with Gasteiger partial charge >= 0.3 is 10.2 Å². The molecule has 1 aliphatic rings. The lowest BCUT2D eigenvalue weighted by molar-refractivity contribution is 0.0959. The molecule has 3 aromatic carbocycles. The average molecular weight is 604 g/mol. The molecule has 1 heterocycles. The van der Waals surface area contributed by atoms with Crippen LogP contribution < -0.4 is 10.6 Å². The SMILES string of the molecule is O=C(Nc1cc(Br)cc2c1C(c1cc(F)ccc1Cl)NC2=O)c1cc(F)cc(S(F)(F)(F)(F)F)c1. The lowest BCUT2D eigenvalue weighted by Gasteiger charge is -2.40. The van der Waals surface area contributed by atoms with E-state index in [1.807, 2.05) is 0 Å². The van der Waals surface area contributed by atoms with Crippen LogP contribution in [0.5, 0.6) is 0 Å². The van der Waals surface area contributed by atoms with Crippen LogP contribution in [0.1, 0.15) is 37.9 Å². The first-order valence-electron chi connectivity index (χ1n) is 9.38. The Morgan fingerprint density at radius 2 is 1.66 bits per heavy atom. The molecule has 3 aromatic rings. The Bertz CT molecular complexity index is 1430. The van der Waals surface area contributed by atoms with Gasteiger partial charge in [0.25, 0.3) is 11.8 Å². The molecule has 0 bridgehead atoms. The number of nitrogens with one attached hydrogen (secondary N) is 2. The highest BCUT2D eigenvalue weighted by molar-refractivity contribution is 9.10. The van der Waals surface area contributed by atoms with Crippen molar-refractivity contribution >= 4 is 55.3 Å². The molecule has 0 saturated carbocycles. The number of halogens is 9. The van der Waals surface area contributed by atoms with Crippen molar-refractivity contribution in [3.05, 3.63) is 91.9 Å². The van der Waals surface area contributed by atoms with Gasteiger partial charge in [-0.2, -0.15) is 0 Å². The second kappa shape index (κ2) is 7.61. The van der Waals surface area contributed by atoms with Crippen molar-refractivity contribution in [3.63, 3.8) is 0 Å². The molecule has 1 aliphatic heterocycles. The monoisotopic (exact) mass is 602 g/mol. The fourth-order valence-corrected chi connectivity index (χ4v) is 4.95. The van der Waals surface area contributed by atoms with Gasteiger partial charge in [0.05, 0.1) is 6.04 Å². The van der Waals surface area contributed by atoms with Crippen LogP contribution >= 0.6 is 37.8 Å². The van der Waals surface area contributed by atoms with Crippen LogP contribution in [-0.4, -0.2) is 11.8 Å². The third-order valence-corrected chi connectivity index (χ3v) is 6.98. The zero-order chi connectivity index (χ0) is 26.0. The number of hydrogen-bond donors (Lipinski definition) is 2. The summed E-state index contributed by atoms with van der Waals surface area (Å²) in [7, 11) is -10.3. The lowest BCUT2D eigenvalue weighted by Crippen LogP contribution is -2.21. The van der Waals surface area contributed by atoms with E-state index in [0.717, 1.165) is 12.1 Å². The van der Waals surface area contributed by atoms with Crippen molar-refractivity contribution in [2.75, 3.05) is 5.32 Å². The predicted octanol–water partition coefficient (Wildman–Crippen LogP) is 8.12. The highest BCUT2D eigenvalue weighted by atomic mass is 79.9. The smallest absolute Gasteiger partial charge is 0.310 e. The summed E-state index contributed by atoms with van der Waals surface area (Å²) in [6.45, 7) is 0. The largest absolute Gasteiger partial charge is 0.341 e. The Labute approximate surface area is 206 Å². The molecular formula is C21H11BrClF7N2O2S. The van der Waals surface area contributed by atoms with Gasteiger partial charge in [-0.3, -0.25) is 9.59 Å². The highest BCUT2D eigenvalue weighted by Gasteiger charge is 2.65. The first-order valence-corrected chi connectivity index (χ1v) is 12.5. The zero-order valence-electron chi connectivity index (χ0n) is 16.8. The molecule has 0 saturated heterocycles. The van der Waals surface area contributed by atoms with Crippen LogP contribution in [-0.2, 0) is 0 Å². The zero-order valence-corrected chi connectivity index (χ0v) is 20.0. The minimum absolute atomic E-state index is 0.0203. The lowest BCUT2D eigenvalue weighted by atomic mass is 9.96. The van der Waals surface area contributed by atoms with E-state index in [1.54, 1.807) is 0 Å². The number of anilines is 1. The first-order chi connectivity index (χ1) is 15.9. The second-order valence-corrected chi connectivity index (χ2v) is 11.3. The number of rotatable bonds is 4. The van der Waals surface area contributed by atoms with Gasteiger partial charge in [-0.25, -0.2) is 8.78 Å². The summed E-state index contributed by atoms with van der Waals surface area (Å²) >= 11 is 9.28. The van der Waals surface area contributed by atoms with E-state index in [-0.39, 0.29) is 37.9 Å². The highest BCUT2D eigenvalue weighted by Crippen LogP contribution is 3.02. The Kier molecular flexibility index (Phi) is 5.51. The first kappa shape index (κ1) is 25.3. The molecule has 14 heteroatoms. The molecule has 186 valence electrons. The third kappa shape index (κ3) is 5.11. The van der Waals surface area contributed by atoms with Crippen molar-refractivity contribution in [1.29, 1.82) is 0 Å². The molecule has 2 amide bonds. The number of hydrogen-bond acceptors (Lipinski definition) is 2. The van der Waals surface area contributed by atoms with Crippen LogP contribution in [0.15, 0.2) is 57.9 Å². The molecule has 0 spiro atoms. The van der Waals surface area contributed by atoms with Crippen LogP contribution in [0, 0.1) is 11.6 Å². The molecule has 0 aromatic heterocycles. The molecule has 2 N–H and O–H groups in total. The summed E-state index contributed by atoms with van der Waals surface area (Å²) in [5.41, 5.74) is -0.957. The predicted molar refractivity (Wildman–Crippen MR) is 121 cm³/mol. The van der Waals surface area contributed by atoms with E-state index in [0.29, 0.717) is 6.07 Å². The number of fused-ring (bicyclic) bond motifs is 1. The molecular weight excluding hydrogens is 593 g/mol. The summed E-state index contributed by atoms with van der Waals surface area (Å²) in [6, 6.07) is 4.73. The van der Waals surface area contributed by atoms with Crippen molar-refractivity contribution in [2.45, 2.75) is 10.9 Å². The summed E-state index contributed by atoms with van der Waals surface area (Å²) in [6.07, 6.45) is 0. The van der Waals surface area contributed by atoms with Gasteiger partial charge in [0.2, 0.25) is 0 Å². The van der Waals surface area contributed by atoms with Gasteiger partial charge in [0.1, 0.15) is 16.5 Å². The van der Waals surface area contributed by atoms with Crippen molar-refractivity contribution in [3.8, 4) is 0 Å². The maximum absolute atomic E-state index is 13.9. The van der Waals surface area contributed by atoms with Gasteiger partial charge in [0, 0.05) is 37.4 Å². The number of carbonyl (C=O) groups excluding carboxylic acids is 2. The fraction of sp³-hybridized carbons (Fsp3) is 0.0476. The van der Waals surface area contributed by atoms with E-state index >= 15 is 0 Å². The van der Waals surface area contributed by atoms with Gasteiger partial charge < -0.3 is 10.6 Å². The quantitative estimate of drug-likeness (QED) is 0.296. The van der Waals surface area contributed by atoms with Crippen molar-refractivity contribution < 1.29 is 37.8 Å². The number of amides is 2. The summed E-state index contributed by atoms with van der Waals surface area (Å²) < 4.78 is 93.9. The third-order valence-electron chi connectivity index (χ3n) is 5.05. The second-order valence-electron chi connectivity index (χ2n) is 7.59. The number of benzene rings is 3. The van der Waals surface area contributed by atoms with Gasteiger partial charge in [-0.15, -0.1) is 0 Å². The van der Waals surface area contributed by atoms with Crippen molar-refractivity contribution in [1.82, 2.24) is 5.32 Å². The topological polar surface area (TPSA) is 58.2 Å². The van der Waals surface area contributed by atoms with E-state index in [2.05, 4.69) is 26.6 Å². The van der Waals surface area contributed by atoms with Crippen LogP contribution in [0.25, 0.3) is 0 Å². The van der Waals surface area contributed by atoms with Gasteiger partial charge in [-0.05, 0) is 48.5 Å². The van der Waals surface area contributed by atoms with E-state index in [9.17, 15) is 37.8 Å². The maximum Gasteiger partial charge on any atom is 0.310 e. The Balaban J connectivity index is 1.81. The molecule has 0 fully saturated rings. The molecule has 35 heavy (non-hydrogen) atoms. The molecule has 0 aliphatic carbocycles. The van der Waals surface area contributed by atoms with Crippen LogP contribution in [0.2, 0.25) is 5.02 Å². The maximum atomic E-state index is 13.9. The minimum atomic E-state index is -10.3. The van der Waals surface area contributed by atoms with Crippen LogP contribution in [0.4, 0.5) is 33.9 Å². The normalized spacial score (nSPS) is 17.3. The van der Waals surface area contributed by atoms with E-state index in [1.165, 1.54) is 18.2 Å². The average Bonchev–Trinajstić information content (AvgIpc) is 3.04. The molecule has 1 unspecified atom stereocenters. The van der Waals surface area contributed by atoms with Crippen LogP contribution in [0.3, 0.4) is 0 Å². The van der Waals surface area contributed by atoms with Gasteiger partial charge in [-0.1, -0.05) is 47.0 Å². The summed E-state index contributed by atoms with van der Waals surface area (Å²) in [5.74, 6) is -4.38. The number of carbonyl (C=O) groups is 2. The molecule has 4 nitrogen and oxygen atoms in total. The van der Waals surface area contributed by atoms with E-state index < -0.39 is 56.2 Å². The van der Waals surface area contributed by atoms with Crippen molar-refractivity contribution in [2.24, 2.45) is 0 Å². The minimum Gasteiger partial charge on any atom is -0.341 e. The molecule has 1 atom stereocenters. The summed E-state index contributed by atoms with van der Waals surface area (Å²) in [4.78, 5) is 22.7.